The fourth-order valence-corrected chi connectivity index (χ4v) is 3.16. The summed E-state index contributed by atoms with van der Waals surface area (Å²) in [6, 6.07) is 12.5. The zero-order chi connectivity index (χ0) is 15.0. The van der Waals surface area contributed by atoms with E-state index in [1.54, 1.807) is 0 Å². The molecule has 2 aromatic rings. The Morgan fingerprint density at radius 2 is 2.14 bits per heavy atom. The van der Waals surface area contributed by atoms with Crippen LogP contribution in [0.25, 0.3) is 0 Å². The first-order valence-corrected chi connectivity index (χ1v) is 8.25. The maximum atomic E-state index is 5.77. The molecule has 1 fully saturated rings. The predicted octanol–water partition coefficient (Wildman–Crippen LogP) is 3.20. The van der Waals surface area contributed by atoms with Crippen molar-refractivity contribution in [3.05, 3.63) is 53.9 Å². The lowest BCUT2D eigenvalue weighted by atomic mass is 9.95. The van der Waals surface area contributed by atoms with Crippen LogP contribution in [0.3, 0.4) is 0 Å². The third-order valence-electron chi connectivity index (χ3n) is 4.34. The number of rotatable bonds is 7. The zero-order valence-electron chi connectivity index (χ0n) is 13.1. The Morgan fingerprint density at radius 3 is 2.95 bits per heavy atom. The number of nitrogens with one attached hydrogen (secondary N) is 1. The standard InChI is InChI=1S/C18H25N3O/c1-2-6-16(7-3-1)15-22-13-5-12-21-11-4-8-17(14-21)18-9-10-19-20-18/h1-3,6-7,9-10,17H,4-5,8,11-15H2,(H,19,20)/t17-/m1/s1. The Kier molecular flexibility index (Phi) is 5.62. The molecule has 1 saturated heterocycles. The van der Waals surface area contributed by atoms with Crippen LogP contribution in [-0.4, -0.2) is 41.3 Å². The van der Waals surface area contributed by atoms with Crippen LogP contribution in [0.1, 0.15) is 36.4 Å². The molecular formula is C18H25N3O. The highest BCUT2D eigenvalue weighted by Gasteiger charge is 2.21. The van der Waals surface area contributed by atoms with Gasteiger partial charge in [0.25, 0.3) is 0 Å². The van der Waals surface area contributed by atoms with Gasteiger partial charge in [0.05, 0.1) is 6.61 Å². The van der Waals surface area contributed by atoms with Crippen molar-refractivity contribution in [3.63, 3.8) is 0 Å². The number of aromatic amines is 1. The van der Waals surface area contributed by atoms with Crippen molar-refractivity contribution in [2.75, 3.05) is 26.2 Å². The molecule has 3 rings (SSSR count). The van der Waals surface area contributed by atoms with E-state index in [4.69, 9.17) is 4.74 Å². The first kappa shape index (κ1) is 15.3. The highest BCUT2D eigenvalue weighted by molar-refractivity contribution is 5.13. The second-order valence-corrected chi connectivity index (χ2v) is 6.04. The van der Waals surface area contributed by atoms with Crippen LogP contribution in [-0.2, 0) is 11.3 Å². The van der Waals surface area contributed by atoms with Gasteiger partial charge in [-0.2, -0.15) is 5.10 Å². The summed E-state index contributed by atoms with van der Waals surface area (Å²) >= 11 is 0. The third kappa shape index (κ3) is 4.42. The molecule has 0 saturated carbocycles. The van der Waals surface area contributed by atoms with E-state index >= 15 is 0 Å². The molecule has 4 heteroatoms. The number of likely N-dealkylation sites (tertiary alicyclic amines) is 1. The van der Waals surface area contributed by atoms with Crippen molar-refractivity contribution in [1.82, 2.24) is 15.1 Å². The molecule has 0 unspecified atom stereocenters. The normalized spacial score (nSPS) is 19.4. The summed E-state index contributed by atoms with van der Waals surface area (Å²) in [6.07, 6.45) is 5.49. The Bertz CT molecular complexity index is 527. The summed E-state index contributed by atoms with van der Waals surface area (Å²) in [5.41, 5.74) is 2.53. The molecule has 4 nitrogen and oxygen atoms in total. The van der Waals surface area contributed by atoms with Crippen LogP contribution in [0.2, 0.25) is 0 Å². The number of hydrogen-bond acceptors (Lipinski definition) is 3. The lowest BCUT2D eigenvalue weighted by Gasteiger charge is -2.32. The molecule has 22 heavy (non-hydrogen) atoms. The molecule has 118 valence electrons. The molecule has 1 aliphatic rings. The monoisotopic (exact) mass is 299 g/mol. The molecule has 0 amide bonds. The van der Waals surface area contributed by atoms with Crippen molar-refractivity contribution in [2.24, 2.45) is 0 Å². The summed E-state index contributed by atoms with van der Waals surface area (Å²) in [5.74, 6) is 0.612. The number of benzene rings is 1. The largest absolute Gasteiger partial charge is 0.377 e. The fraction of sp³-hybridized carbons (Fsp3) is 0.500. The van der Waals surface area contributed by atoms with Crippen LogP contribution >= 0.6 is 0 Å². The van der Waals surface area contributed by atoms with Crippen LogP contribution in [0.15, 0.2) is 42.6 Å². The van der Waals surface area contributed by atoms with Gasteiger partial charge in [-0.3, -0.25) is 5.10 Å². The number of nitrogens with zero attached hydrogens (tertiary/aromatic N) is 2. The predicted molar refractivity (Wildman–Crippen MR) is 87.7 cm³/mol. The smallest absolute Gasteiger partial charge is 0.0716 e. The maximum absolute atomic E-state index is 5.77. The van der Waals surface area contributed by atoms with Crippen LogP contribution < -0.4 is 0 Å². The zero-order valence-corrected chi connectivity index (χ0v) is 13.1. The van der Waals surface area contributed by atoms with Crippen molar-refractivity contribution >= 4 is 0 Å². The molecule has 1 aromatic heterocycles. The van der Waals surface area contributed by atoms with Crippen LogP contribution in [0.5, 0.6) is 0 Å². The van der Waals surface area contributed by atoms with Gasteiger partial charge in [0.2, 0.25) is 0 Å². The molecule has 1 N–H and O–H groups in total. The number of hydrogen-bond donors (Lipinski definition) is 1. The van der Waals surface area contributed by atoms with E-state index in [0.29, 0.717) is 5.92 Å². The average Bonchev–Trinajstić information content (AvgIpc) is 3.10. The number of aromatic nitrogens is 2. The Labute approximate surface area is 132 Å². The highest BCUT2D eigenvalue weighted by atomic mass is 16.5. The molecular weight excluding hydrogens is 274 g/mol. The first-order chi connectivity index (χ1) is 10.9. The van der Waals surface area contributed by atoms with Gasteiger partial charge in [-0.25, -0.2) is 0 Å². The van der Waals surface area contributed by atoms with Crippen molar-refractivity contribution < 1.29 is 4.74 Å². The van der Waals surface area contributed by atoms with Gasteiger partial charge >= 0.3 is 0 Å². The van der Waals surface area contributed by atoms with Gasteiger partial charge in [-0.1, -0.05) is 30.3 Å². The summed E-state index contributed by atoms with van der Waals surface area (Å²) in [4.78, 5) is 2.56. The van der Waals surface area contributed by atoms with Gasteiger partial charge < -0.3 is 9.64 Å². The van der Waals surface area contributed by atoms with E-state index in [1.807, 2.05) is 12.3 Å². The minimum absolute atomic E-state index is 0.612. The van der Waals surface area contributed by atoms with E-state index in [1.165, 1.54) is 30.6 Å². The van der Waals surface area contributed by atoms with Gasteiger partial charge in [0.15, 0.2) is 0 Å². The topological polar surface area (TPSA) is 41.1 Å². The summed E-state index contributed by atoms with van der Waals surface area (Å²) in [5, 5.41) is 7.19. The number of H-pyrrole nitrogens is 1. The average molecular weight is 299 g/mol. The molecule has 0 bridgehead atoms. The maximum Gasteiger partial charge on any atom is 0.0716 e. The van der Waals surface area contributed by atoms with Gasteiger partial charge in [0.1, 0.15) is 0 Å². The second-order valence-electron chi connectivity index (χ2n) is 6.04. The Hall–Kier alpha value is -1.65. The summed E-state index contributed by atoms with van der Waals surface area (Å²) in [7, 11) is 0. The minimum Gasteiger partial charge on any atom is -0.377 e. The van der Waals surface area contributed by atoms with E-state index in [9.17, 15) is 0 Å². The minimum atomic E-state index is 0.612. The fourth-order valence-electron chi connectivity index (χ4n) is 3.16. The highest BCUT2D eigenvalue weighted by Crippen LogP contribution is 2.25. The van der Waals surface area contributed by atoms with E-state index in [2.05, 4.69) is 45.4 Å². The number of piperidine rings is 1. The quantitative estimate of drug-likeness (QED) is 0.798. The molecule has 0 aliphatic carbocycles. The molecule has 0 spiro atoms. The van der Waals surface area contributed by atoms with Crippen LogP contribution in [0, 0.1) is 0 Å². The van der Waals surface area contributed by atoms with E-state index in [-0.39, 0.29) is 0 Å². The van der Waals surface area contributed by atoms with E-state index < -0.39 is 0 Å². The Balaban J connectivity index is 1.33. The first-order valence-electron chi connectivity index (χ1n) is 8.25. The van der Waals surface area contributed by atoms with Gasteiger partial charge in [-0.05, 0) is 37.4 Å². The lowest BCUT2D eigenvalue weighted by Crippen LogP contribution is -2.35. The Morgan fingerprint density at radius 1 is 1.23 bits per heavy atom. The number of ether oxygens (including phenoxy) is 1. The van der Waals surface area contributed by atoms with Crippen molar-refractivity contribution in [1.29, 1.82) is 0 Å². The molecule has 1 aliphatic heterocycles. The summed E-state index contributed by atoms with van der Waals surface area (Å²) < 4.78 is 5.77. The molecule has 1 atom stereocenters. The second kappa shape index (κ2) is 8.11. The van der Waals surface area contributed by atoms with E-state index in [0.717, 1.165) is 32.7 Å². The van der Waals surface area contributed by atoms with Crippen molar-refractivity contribution in [3.8, 4) is 0 Å². The molecule has 1 aromatic carbocycles. The van der Waals surface area contributed by atoms with Crippen LogP contribution in [0.4, 0.5) is 0 Å². The third-order valence-corrected chi connectivity index (χ3v) is 4.34. The molecule has 2 heterocycles. The van der Waals surface area contributed by atoms with Crippen molar-refractivity contribution in [2.45, 2.75) is 31.8 Å². The summed E-state index contributed by atoms with van der Waals surface area (Å²) in [6.45, 7) is 5.03. The van der Waals surface area contributed by atoms with Gasteiger partial charge in [0, 0.05) is 37.5 Å². The lowest BCUT2D eigenvalue weighted by molar-refractivity contribution is 0.103. The molecule has 0 radical (unpaired) electrons. The SMILES string of the molecule is c1ccc(COCCCN2CCC[C@@H](c3ccn[nH]3)C2)cc1. The van der Waals surface area contributed by atoms with Gasteiger partial charge in [-0.15, -0.1) is 0 Å².